The highest BCUT2D eigenvalue weighted by Gasteiger charge is 2.20. The van der Waals surface area contributed by atoms with E-state index in [0.717, 1.165) is 40.8 Å². The van der Waals surface area contributed by atoms with Gasteiger partial charge in [-0.1, -0.05) is 6.07 Å². The molecule has 1 saturated carbocycles. The van der Waals surface area contributed by atoms with Crippen molar-refractivity contribution in [1.82, 2.24) is 10.6 Å². The van der Waals surface area contributed by atoms with Crippen molar-refractivity contribution in [3.05, 3.63) is 28.2 Å². The lowest BCUT2D eigenvalue weighted by Crippen LogP contribution is -2.38. The zero-order valence-corrected chi connectivity index (χ0v) is 16.4. The van der Waals surface area contributed by atoms with E-state index in [1.807, 2.05) is 18.2 Å². The lowest BCUT2D eigenvalue weighted by molar-refractivity contribution is 0.412. The lowest BCUT2D eigenvalue weighted by Gasteiger charge is -2.11. The fourth-order valence-electron chi connectivity index (χ4n) is 1.88. The van der Waals surface area contributed by atoms with Gasteiger partial charge in [0, 0.05) is 13.1 Å². The first kappa shape index (κ1) is 18.5. The molecule has 1 aromatic carbocycles. The largest absolute Gasteiger partial charge is 0.496 e. The fraction of sp³-hybridized carbons (Fsp3) is 0.533. The Morgan fingerprint density at radius 2 is 2.14 bits per heavy atom. The quantitative estimate of drug-likeness (QED) is 0.382. The number of benzene rings is 1. The van der Waals surface area contributed by atoms with Crippen molar-refractivity contribution in [3.63, 3.8) is 0 Å². The van der Waals surface area contributed by atoms with Gasteiger partial charge in [-0.3, -0.25) is 0 Å². The molecule has 0 spiro atoms. The Balaban J connectivity index is 0.00000220. The lowest BCUT2D eigenvalue weighted by atomic mass is 10.2. The number of guanidine groups is 1. The van der Waals surface area contributed by atoms with Crippen LogP contribution in [0.1, 0.15) is 25.3 Å². The second-order valence-electron chi connectivity index (χ2n) is 4.99. The standard InChI is InChI=1S/C15H22BrN3O.HI/c1-3-17-15(18-9-11-4-5-11)19-10-12-6-7-14(20-2)13(16)8-12;/h6-8,11H,3-5,9-10H2,1-2H3,(H2,17,18,19);1H. The summed E-state index contributed by atoms with van der Waals surface area (Å²) in [5.41, 5.74) is 1.15. The van der Waals surface area contributed by atoms with Gasteiger partial charge in [0.2, 0.25) is 0 Å². The predicted molar refractivity (Wildman–Crippen MR) is 102 cm³/mol. The van der Waals surface area contributed by atoms with Crippen LogP contribution in [0.25, 0.3) is 0 Å². The highest BCUT2D eigenvalue weighted by atomic mass is 127. The van der Waals surface area contributed by atoms with Crippen LogP contribution in [-0.4, -0.2) is 26.2 Å². The van der Waals surface area contributed by atoms with Crippen LogP contribution in [0.5, 0.6) is 5.75 Å². The monoisotopic (exact) mass is 467 g/mol. The molecule has 0 bridgehead atoms. The highest BCUT2D eigenvalue weighted by Crippen LogP contribution is 2.27. The number of hydrogen-bond acceptors (Lipinski definition) is 2. The number of nitrogens with zero attached hydrogens (tertiary/aromatic N) is 1. The minimum atomic E-state index is 0. The molecule has 0 heterocycles. The number of halogens is 2. The summed E-state index contributed by atoms with van der Waals surface area (Å²) in [6.07, 6.45) is 2.69. The van der Waals surface area contributed by atoms with Crippen molar-refractivity contribution < 1.29 is 4.74 Å². The molecule has 0 unspecified atom stereocenters. The van der Waals surface area contributed by atoms with Gasteiger partial charge in [-0.25, -0.2) is 4.99 Å². The summed E-state index contributed by atoms with van der Waals surface area (Å²) >= 11 is 3.50. The van der Waals surface area contributed by atoms with E-state index in [4.69, 9.17) is 4.74 Å². The van der Waals surface area contributed by atoms with Gasteiger partial charge >= 0.3 is 0 Å². The summed E-state index contributed by atoms with van der Waals surface area (Å²) < 4.78 is 6.19. The molecule has 21 heavy (non-hydrogen) atoms. The number of nitrogens with one attached hydrogen (secondary N) is 2. The first-order chi connectivity index (χ1) is 9.72. The molecular formula is C15H23BrIN3O. The van der Waals surface area contributed by atoms with E-state index < -0.39 is 0 Å². The molecular weight excluding hydrogens is 445 g/mol. The molecule has 0 saturated heterocycles. The van der Waals surface area contributed by atoms with Crippen LogP contribution in [0.15, 0.2) is 27.7 Å². The number of methoxy groups -OCH3 is 1. The number of hydrogen-bond donors (Lipinski definition) is 2. The van der Waals surface area contributed by atoms with E-state index in [-0.39, 0.29) is 24.0 Å². The summed E-state index contributed by atoms with van der Waals surface area (Å²) in [6.45, 7) is 4.64. The fourth-order valence-corrected chi connectivity index (χ4v) is 2.47. The molecule has 2 rings (SSSR count). The van der Waals surface area contributed by atoms with Crippen molar-refractivity contribution in [2.24, 2.45) is 10.9 Å². The Bertz CT molecular complexity index is 478. The van der Waals surface area contributed by atoms with Crippen LogP contribution in [0, 0.1) is 5.92 Å². The molecule has 6 heteroatoms. The molecule has 0 radical (unpaired) electrons. The third kappa shape index (κ3) is 6.42. The zero-order valence-electron chi connectivity index (χ0n) is 12.5. The Kier molecular flexibility index (Phi) is 8.39. The van der Waals surface area contributed by atoms with Crippen LogP contribution < -0.4 is 15.4 Å². The van der Waals surface area contributed by atoms with Crippen LogP contribution in [0.4, 0.5) is 0 Å². The van der Waals surface area contributed by atoms with Crippen molar-refractivity contribution in [3.8, 4) is 5.75 Å². The maximum atomic E-state index is 5.23. The normalized spacial score (nSPS) is 14.3. The van der Waals surface area contributed by atoms with Gasteiger partial charge in [0.05, 0.1) is 18.1 Å². The van der Waals surface area contributed by atoms with Crippen molar-refractivity contribution in [1.29, 1.82) is 0 Å². The summed E-state index contributed by atoms with van der Waals surface area (Å²) in [5.74, 6) is 2.58. The van der Waals surface area contributed by atoms with Gasteiger partial charge in [-0.15, -0.1) is 24.0 Å². The minimum Gasteiger partial charge on any atom is -0.496 e. The molecule has 1 aliphatic rings. The van der Waals surface area contributed by atoms with E-state index >= 15 is 0 Å². The average molecular weight is 468 g/mol. The second kappa shape index (κ2) is 9.50. The number of aliphatic imine (C=N–C) groups is 1. The summed E-state index contributed by atoms with van der Waals surface area (Å²) in [7, 11) is 1.67. The van der Waals surface area contributed by atoms with Crippen molar-refractivity contribution in [2.45, 2.75) is 26.3 Å². The summed E-state index contributed by atoms with van der Waals surface area (Å²) in [6, 6.07) is 6.05. The first-order valence-electron chi connectivity index (χ1n) is 7.07. The number of ether oxygens (including phenoxy) is 1. The summed E-state index contributed by atoms with van der Waals surface area (Å²) in [5, 5.41) is 6.67. The van der Waals surface area contributed by atoms with Crippen LogP contribution in [-0.2, 0) is 6.54 Å². The molecule has 0 aromatic heterocycles. The SMILES string of the molecule is CCNC(=NCc1ccc(OC)c(Br)c1)NCC1CC1.I. The predicted octanol–water partition coefficient (Wildman–Crippen LogP) is 3.54. The van der Waals surface area contributed by atoms with Gasteiger partial charge in [0.15, 0.2) is 5.96 Å². The maximum absolute atomic E-state index is 5.23. The molecule has 1 fully saturated rings. The number of rotatable bonds is 6. The molecule has 0 aliphatic heterocycles. The second-order valence-corrected chi connectivity index (χ2v) is 5.84. The topological polar surface area (TPSA) is 45.7 Å². The highest BCUT2D eigenvalue weighted by molar-refractivity contribution is 14.0. The Labute approximate surface area is 152 Å². The third-order valence-corrected chi connectivity index (χ3v) is 3.85. The Hall–Kier alpha value is -0.500. The average Bonchev–Trinajstić information content (AvgIpc) is 3.26. The van der Waals surface area contributed by atoms with Gasteiger partial charge in [-0.05, 0) is 59.3 Å². The van der Waals surface area contributed by atoms with Gasteiger partial charge < -0.3 is 15.4 Å². The van der Waals surface area contributed by atoms with E-state index in [1.54, 1.807) is 7.11 Å². The van der Waals surface area contributed by atoms with E-state index in [9.17, 15) is 0 Å². The molecule has 1 aromatic rings. The first-order valence-corrected chi connectivity index (χ1v) is 7.86. The molecule has 118 valence electrons. The van der Waals surface area contributed by atoms with Gasteiger partial charge in [-0.2, -0.15) is 0 Å². The van der Waals surface area contributed by atoms with Crippen molar-refractivity contribution >= 4 is 45.9 Å². The Morgan fingerprint density at radius 3 is 2.71 bits per heavy atom. The van der Waals surface area contributed by atoms with Gasteiger partial charge in [0.1, 0.15) is 5.75 Å². The van der Waals surface area contributed by atoms with Crippen LogP contribution in [0.2, 0.25) is 0 Å². The van der Waals surface area contributed by atoms with Gasteiger partial charge in [0.25, 0.3) is 0 Å². The van der Waals surface area contributed by atoms with E-state index in [1.165, 1.54) is 12.8 Å². The molecule has 0 atom stereocenters. The molecule has 4 nitrogen and oxygen atoms in total. The van der Waals surface area contributed by atoms with Crippen LogP contribution >= 0.6 is 39.9 Å². The Morgan fingerprint density at radius 1 is 1.38 bits per heavy atom. The minimum absolute atomic E-state index is 0. The van der Waals surface area contributed by atoms with E-state index in [0.29, 0.717) is 6.54 Å². The molecule has 0 amide bonds. The molecule has 1 aliphatic carbocycles. The molecule has 2 N–H and O–H groups in total. The zero-order chi connectivity index (χ0) is 14.4. The third-order valence-electron chi connectivity index (χ3n) is 3.24. The smallest absolute Gasteiger partial charge is 0.191 e. The summed E-state index contributed by atoms with van der Waals surface area (Å²) in [4.78, 5) is 4.61. The maximum Gasteiger partial charge on any atom is 0.191 e. The van der Waals surface area contributed by atoms with Crippen LogP contribution in [0.3, 0.4) is 0 Å². The van der Waals surface area contributed by atoms with Crippen molar-refractivity contribution in [2.75, 3.05) is 20.2 Å². The van der Waals surface area contributed by atoms with E-state index in [2.05, 4.69) is 38.5 Å².